The highest BCUT2D eigenvalue weighted by Crippen LogP contribution is 2.27. The molecule has 4 rings (SSSR count). The van der Waals surface area contributed by atoms with Crippen LogP contribution in [0.5, 0.6) is 0 Å². The van der Waals surface area contributed by atoms with E-state index in [1.165, 1.54) is 17.7 Å². The molecule has 5 nitrogen and oxygen atoms in total. The monoisotopic (exact) mass is 440 g/mol. The van der Waals surface area contributed by atoms with Gasteiger partial charge in [-0.05, 0) is 47.9 Å². The number of carbonyl (C=O) groups excluding carboxylic acids is 1. The summed E-state index contributed by atoms with van der Waals surface area (Å²) < 4.78 is 27.9. The van der Waals surface area contributed by atoms with E-state index in [9.17, 15) is 13.2 Å². The van der Waals surface area contributed by atoms with Crippen LogP contribution in [0.4, 0.5) is 5.69 Å². The summed E-state index contributed by atoms with van der Waals surface area (Å²) >= 11 is 6.11. The van der Waals surface area contributed by atoms with E-state index >= 15 is 0 Å². The minimum Gasteiger partial charge on any atom is -0.336 e. The van der Waals surface area contributed by atoms with E-state index in [1.807, 2.05) is 18.2 Å². The van der Waals surface area contributed by atoms with Crippen molar-refractivity contribution in [1.82, 2.24) is 4.90 Å². The molecular formula is C23H21ClN2O3S. The molecule has 1 aliphatic rings. The number of halogens is 1. The maximum Gasteiger partial charge on any atom is 0.264 e. The third-order valence-electron chi connectivity index (χ3n) is 5.19. The number of benzene rings is 3. The lowest BCUT2D eigenvalue weighted by Gasteiger charge is -2.31. The van der Waals surface area contributed by atoms with E-state index < -0.39 is 10.0 Å². The molecule has 0 atom stereocenters. The molecule has 0 saturated carbocycles. The Labute approximate surface area is 181 Å². The van der Waals surface area contributed by atoms with Gasteiger partial charge >= 0.3 is 0 Å². The van der Waals surface area contributed by atoms with Crippen LogP contribution in [-0.4, -0.2) is 32.3 Å². The van der Waals surface area contributed by atoms with Crippen LogP contribution in [0.3, 0.4) is 0 Å². The first-order chi connectivity index (χ1) is 14.4. The van der Waals surface area contributed by atoms with E-state index in [-0.39, 0.29) is 17.3 Å². The van der Waals surface area contributed by atoms with Gasteiger partial charge in [-0.15, -0.1) is 0 Å². The zero-order chi connectivity index (χ0) is 21.1. The lowest BCUT2D eigenvalue weighted by Crippen LogP contribution is -2.44. The van der Waals surface area contributed by atoms with Crippen LogP contribution in [0.2, 0.25) is 5.02 Å². The summed E-state index contributed by atoms with van der Waals surface area (Å²) in [5.41, 5.74) is 2.68. The molecule has 1 amide bonds. The Morgan fingerprint density at radius 1 is 0.933 bits per heavy atom. The van der Waals surface area contributed by atoms with E-state index in [1.54, 1.807) is 47.4 Å². The normalized spacial score (nSPS) is 13.6. The highest BCUT2D eigenvalue weighted by atomic mass is 35.5. The third-order valence-corrected chi connectivity index (χ3v) is 7.21. The number of nitrogens with zero attached hydrogens (tertiary/aromatic N) is 2. The summed E-state index contributed by atoms with van der Waals surface area (Å²) in [7, 11) is -3.94. The van der Waals surface area contributed by atoms with Crippen LogP contribution >= 0.6 is 11.6 Å². The van der Waals surface area contributed by atoms with Gasteiger partial charge in [-0.2, -0.15) is 0 Å². The molecule has 0 aromatic heterocycles. The zero-order valence-electron chi connectivity index (χ0n) is 16.2. The number of fused-ring (bicyclic) bond motifs is 1. The quantitative estimate of drug-likeness (QED) is 0.599. The number of amides is 1. The summed E-state index contributed by atoms with van der Waals surface area (Å²) in [4.78, 5) is 15.0. The first kappa shape index (κ1) is 20.4. The van der Waals surface area contributed by atoms with Gasteiger partial charge in [0.15, 0.2) is 0 Å². The highest BCUT2D eigenvalue weighted by Gasteiger charge is 2.30. The first-order valence-electron chi connectivity index (χ1n) is 9.63. The number of hydrogen-bond acceptors (Lipinski definition) is 3. The Hall–Kier alpha value is -2.83. The molecule has 1 aliphatic heterocycles. The molecule has 1 heterocycles. The molecule has 0 radical (unpaired) electrons. The van der Waals surface area contributed by atoms with E-state index in [4.69, 9.17) is 11.6 Å². The Kier molecular flexibility index (Phi) is 5.79. The minimum absolute atomic E-state index is 0.127. The molecule has 7 heteroatoms. The predicted molar refractivity (Wildman–Crippen MR) is 118 cm³/mol. The lowest BCUT2D eigenvalue weighted by molar-refractivity contribution is -0.130. The van der Waals surface area contributed by atoms with Gasteiger partial charge in [0, 0.05) is 18.1 Å². The summed E-state index contributed by atoms with van der Waals surface area (Å²) in [5, 5.41) is 0.403. The van der Waals surface area contributed by atoms with Crippen molar-refractivity contribution in [2.45, 2.75) is 17.9 Å². The lowest BCUT2D eigenvalue weighted by atomic mass is 10.00. The van der Waals surface area contributed by atoms with Crippen molar-refractivity contribution >= 4 is 33.2 Å². The second-order valence-electron chi connectivity index (χ2n) is 7.14. The number of hydrogen-bond donors (Lipinski definition) is 0. The van der Waals surface area contributed by atoms with Gasteiger partial charge in [-0.3, -0.25) is 9.10 Å². The van der Waals surface area contributed by atoms with Crippen LogP contribution in [0.1, 0.15) is 11.1 Å². The molecule has 0 N–H and O–H groups in total. The van der Waals surface area contributed by atoms with Crippen LogP contribution in [-0.2, 0) is 27.8 Å². The zero-order valence-corrected chi connectivity index (χ0v) is 17.8. The maximum absolute atomic E-state index is 13.4. The summed E-state index contributed by atoms with van der Waals surface area (Å²) in [6, 6.07) is 22.7. The average molecular weight is 441 g/mol. The second kappa shape index (κ2) is 8.50. The molecular weight excluding hydrogens is 420 g/mol. The van der Waals surface area contributed by atoms with Gasteiger partial charge in [-0.25, -0.2) is 8.42 Å². The Morgan fingerprint density at radius 3 is 2.37 bits per heavy atom. The van der Waals surface area contributed by atoms with Crippen LogP contribution in [0.15, 0.2) is 83.8 Å². The molecule has 0 fully saturated rings. The summed E-state index contributed by atoms with van der Waals surface area (Å²) in [6.45, 7) is 0.744. The van der Waals surface area contributed by atoms with Crippen LogP contribution in [0, 0.1) is 0 Å². The molecule has 0 unspecified atom stereocenters. The molecule has 0 aliphatic carbocycles. The average Bonchev–Trinajstić information content (AvgIpc) is 2.77. The molecule has 0 saturated heterocycles. The van der Waals surface area contributed by atoms with Crippen molar-refractivity contribution in [3.05, 3.63) is 95.0 Å². The van der Waals surface area contributed by atoms with Crippen molar-refractivity contribution in [3.63, 3.8) is 0 Å². The second-order valence-corrected chi connectivity index (χ2v) is 9.44. The molecule has 30 heavy (non-hydrogen) atoms. The molecule has 0 bridgehead atoms. The van der Waals surface area contributed by atoms with Gasteiger partial charge < -0.3 is 4.90 Å². The van der Waals surface area contributed by atoms with E-state index in [2.05, 4.69) is 6.07 Å². The fraction of sp³-hybridized carbons (Fsp3) is 0.174. The van der Waals surface area contributed by atoms with E-state index in [0.717, 1.165) is 16.3 Å². The Bertz CT molecular complexity index is 1170. The largest absolute Gasteiger partial charge is 0.336 e. The third kappa shape index (κ3) is 4.20. The molecule has 3 aromatic rings. The van der Waals surface area contributed by atoms with Gasteiger partial charge in [0.1, 0.15) is 6.54 Å². The Morgan fingerprint density at radius 2 is 1.63 bits per heavy atom. The Balaban J connectivity index is 1.65. The van der Waals surface area contributed by atoms with Gasteiger partial charge in [0.05, 0.1) is 10.6 Å². The van der Waals surface area contributed by atoms with Crippen molar-refractivity contribution < 1.29 is 13.2 Å². The molecule has 3 aromatic carbocycles. The predicted octanol–water partition coefficient (Wildman–Crippen LogP) is 4.12. The highest BCUT2D eigenvalue weighted by molar-refractivity contribution is 7.92. The standard InChI is InChI=1S/C23H21ClN2O3S/c24-20-9-6-10-21(15-20)26(30(28,29)22-11-2-1-3-12-22)17-23(27)25-14-13-18-7-4-5-8-19(18)16-25/h1-12,15H,13-14,16-17H2. The molecule has 0 spiro atoms. The van der Waals surface area contributed by atoms with Crippen LogP contribution in [0.25, 0.3) is 0 Å². The summed E-state index contributed by atoms with van der Waals surface area (Å²) in [6.07, 6.45) is 0.754. The van der Waals surface area contributed by atoms with Crippen molar-refractivity contribution in [3.8, 4) is 0 Å². The number of sulfonamides is 1. The summed E-state index contributed by atoms with van der Waals surface area (Å²) in [5.74, 6) is -0.246. The minimum atomic E-state index is -3.94. The van der Waals surface area contributed by atoms with Gasteiger partial charge in [0.25, 0.3) is 10.0 Å². The SMILES string of the molecule is O=C(CN(c1cccc(Cl)c1)S(=O)(=O)c1ccccc1)N1CCc2ccccc2C1. The first-order valence-corrected chi connectivity index (χ1v) is 11.4. The number of carbonyl (C=O) groups is 1. The topological polar surface area (TPSA) is 57.7 Å². The van der Waals surface area contributed by atoms with Crippen molar-refractivity contribution in [2.24, 2.45) is 0 Å². The maximum atomic E-state index is 13.4. The van der Waals surface area contributed by atoms with Gasteiger partial charge in [-0.1, -0.05) is 60.1 Å². The van der Waals surface area contributed by atoms with Crippen molar-refractivity contribution in [1.29, 1.82) is 0 Å². The fourth-order valence-corrected chi connectivity index (χ4v) is 5.21. The number of rotatable bonds is 5. The molecule has 154 valence electrons. The van der Waals surface area contributed by atoms with Crippen molar-refractivity contribution in [2.75, 3.05) is 17.4 Å². The van der Waals surface area contributed by atoms with Crippen LogP contribution < -0.4 is 4.31 Å². The van der Waals surface area contributed by atoms with Gasteiger partial charge in [0.2, 0.25) is 5.91 Å². The number of anilines is 1. The van der Waals surface area contributed by atoms with E-state index in [0.29, 0.717) is 23.8 Å². The fourth-order valence-electron chi connectivity index (χ4n) is 3.60. The smallest absolute Gasteiger partial charge is 0.264 e.